The maximum atomic E-state index is 2.42. The van der Waals surface area contributed by atoms with Crippen LogP contribution in [0.5, 0.6) is 0 Å². The molecule has 0 aliphatic heterocycles. The Morgan fingerprint density at radius 2 is 0.682 bits per heavy atom. The van der Waals surface area contributed by atoms with Crippen LogP contribution in [0.2, 0.25) is 0 Å². The predicted molar refractivity (Wildman–Crippen MR) is 190 cm³/mol. The van der Waals surface area contributed by atoms with Crippen LogP contribution in [0.4, 0.5) is 0 Å². The van der Waals surface area contributed by atoms with Crippen molar-refractivity contribution in [1.29, 1.82) is 0 Å². The molecule has 0 heterocycles. The fourth-order valence-electron chi connectivity index (χ4n) is 7.11. The van der Waals surface area contributed by atoms with Gasteiger partial charge in [0.05, 0.1) is 0 Å². The first-order valence-corrected chi connectivity index (χ1v) is 15.3. The van der Waals surface area contributed by atoms with Crippen LogP contribution in [0.25, 0.3) is 87.2 Å². The first-order chi connectivity index (χ1) is 21.8. The zero-order chi connectivity index (χ0) is 29.0. The van der Waals surface area contributed by atoms with Crippen LogP contribution in [0.15, 0.2) is 170 Å². The summed E-state index contributed by atoms with van der Waals surface area (Å²) in [6, 6.07) is 62.5. The molecule has 0 radical (unpaired) electrons. The third-order valence-electron chi connectivity index (χ3n) is 9.17. The van der Waals surface area contributed by atoms with Gasteiger partial charge in [-0.25, -0.2) is 0 Å². The second-order valence-corrected chi connectivity index (χ2v) is 11.7. The fourth-order valence-corrected chi connectivity index (χ4v) is 7.11. The average Bonchev–Trinajstić information content (AvgIpc) is 3.09. The zero-order valence-corrected chi connectivity index (χ0v) is 24.2. The molecule has 0 amide bonds. The molecule has 204 valence electrons. The average molecular weight is 557 g/mol. The van der Waals surface area contributed by atoms with Gasteiger partial charge in [-0.2, -0.15) is 0 Å². The van der Waals surface area contributed by atoms with Crippen LogP contribution in [0, 0.1) is 0 Å². The Hall–Kier alpha value is -5.72. The zero-order valence-electron chi connectivity index (χ0n) is 24.2. The van der Waals surface area contributed by atoms with Crippen LogP contribution < -0.4 is 0 Å². The highest BCUT2D eigenvalue weighted by Crippen LogP contribution is 2.48. The molecule has 0 heteroatoms. The first kappa shape index (κ1) is 24.8. The normalized spacial score (nSPS) is 11.6. The standard InChI is InChI=1S/C44H28/c1-2-13-30(14-3-1)39-25-32-16-6-7-17-33(32)26-40(39)44-38-21-11-10-20-37(38)43(36-23-22-29-12-4-5-15-31(29)24-36)41-27-34-18-8-9-19-35(34)28-42(41)44/h1-28H. The highest BCUT2D eigenvalue weighted by Gasteiger charge is 2.20. The lowest BCUT2D eigenvalue weighted by molar-refractivity contribution is 1.63. The fraction of sp³-hybridized carbons (Fsp3) is 0. The van der Waals surface area contributed by atoms with Gasteiger partial charge in [0, 0.05) is 0 Å². The second-order valence-electron chi connectivity index (χ2n) is 11.7. The maximum absolute atomic E-state index is 2.42. The molecule has 0 aliphatic carbocycles. The summed E-state index contributed by atoms with van der Waals surface area (Å²) < 4.78 is 0. The van der Waals surface area contributed by atoms with Crippen molar-refractivity contribution < 1.29 is 0 Å². The Bertz CT molecular complexity index is 2540. The summed E-state index contributed by atoms with van der Waals surface area (Å²) in [4.78, 5) is 0. The molecule has 0 atom stereocenters. The van der Waals surface area contributed by atoms with Gasteiger partial charge < -0.3 is 0 Å². The van der Waals surface area contributed by atoms with E-state index in [0.717, 1.165) is 0 Å². The van der Waals surface area contributed by atoms with Gasteiger partial charge in [-0.3, -0.25) is 0 Å². The van der Waals surface area contributed by atoms with E-state index < -0.39 is 0 Å². The summed E-state index contributed by atoms with van der Waals surface area (Å²) in [6.07, 6.45) is 0. The van der Waals surface area contributed by atoms with Gasteiger partial charge in [-0.05, 0) is 118 Å². The minimum Gasteiger partial charge on any atom is -0.0622 e. The number of hydrogen-bond acceptors (Lipinski definition) is 0. The van der Waals surface area contributed by atoms with Crippen molar-refractivity contribution in [2.75, 3.05) is 0 Å². The Balaban J connectivity index is 1.49. The molecule has 0 bridgehead atoms. The van der Waals surface area contributed by atoms with Gasteiger partial charge in [0.2, 0.25) is 0 Å². The molecule has 0 unspecified atom stereocenters. The van der Waals surface area contributed by atoms with Crippen molar-refractivity contribution in [3.05, 3.63) is 170 Å². The van der Waals surface area contributed by atoms with E-state index in [1.54, 1.807) is 0 Å². The van der Waals surface area contributed by atoms with Crippen LogP contribution in [-0.2, 0) is 0 Å². The van der Waals surface area contributed by atoms with Crippen molar-refractivity contribution in [2.24, 2.45) is 0 Å². The maximum Gasteiger partial charge on any atom is -0.00197 e. The second kappa shape index (κ2) is 9.93. The van der Waals surface area contributed by atoms with Crippen LogP contribution >= 0.6 is 0 Å². The van der Waals surface area contributed by atoms with Crippen LogP contribution in [-0.4, -0.2) is 0 Å². The molecule has 9 aromatic rings. The summed E-state index contributed by atoms with van der Waals surface area (Å²) in [5.74, 6) is 0. The van der Waals surface area contributed by atoms with Gasteiger partial charge in [-0.1, -0.05) is 140 Å². The summed E-state index contributed by atoms with van der Waals surface area (Å²) in [5, 5.41) is 12.6. The van der Waals surface area contributed by atoms with Crippen LogP contribution in [0.3, 0.4) is 0 Å². The summed E-state index contributed by atoms with van der Waals surface area (Å²) in [7, 11) is 0. The van der Waals surface area contributed by atoms with E-state index >= 15 is 0 Å². The van der Waals surface area contributed by atoms with Crippen molar-refractivity contribution >= 4 is 53.9 Å². The highest BCUT2D eigenvalue weighted by molar-refractivity contribution is 6.25. The molecule has 9 rings (SSSR count). The smallest absolute Gasteiger partial charge is 0.00197 e. The monoisotopic (exact) mass is 556 g/mol. The molecular weight excluding hydrogens is 528 g/mol. The molecule has 0 saturated heterocycles. The SMILES string of the molecule is c1ccc(-c2cc3ccccc3cc2-c2c3ccccc3c(-c3ccc4ccccc4c3)c3cc4ccccc4cc23)cc1. The van der Waals surface area contributed by atoms with Gasteiger partial charge >= 0.3 is 0 Å². The molecule has 0 aliphatic rings. The van der Waals surface area contributed by atoms with Crippen LogP contribution in [0.1, 0.15) is 0 Å². The number of fused-ring (bicyclic) bond motifs is 5. The number of benzene rings is 9. The molecular formula is C44H28. The van der Waals surface area contributed by atoms with E-state index in [-0.39, 0.29) is 0 Å². The highest BCUT2D eigenvalue weighted by atomic mass is 14.2. The largest absolute Gasteiger partial charge is 0.0622 e. The molecule has 0 fully saturated rings. The van der Waals surface area contributed by atoms with Crippen molar-refractivity contribution in [3.8, 4) is 33.4 Å². The first-order valence-electron chi connectivity index (χ1n) is 15.3. The molecule has 9 aromatic carbocycles. The predicted octanol–water partition coefficient (Wildman–Crippen LogP) is 12.5. The summed E-state index contributed by atoms with van der Waals surface area (Å²) in [6.45, 7) is 0. The Kier molecular flexibility index (Phi) is 5.61. The van der Waals surface area contributed by atoms with E-state index in [1.807, 2.05) is 0 Å². The van der Waals surface area contributed by atoms with Gasteiger partial charge in [0.15, 0.2) is 0 Å². The van der Waals surface area contributed by atoms with Crippen molar-refractivity contribution in [2.45, 2.75) is 0 Å². The number of rotatable bonds is 3. The van der Waals surface area contributed by atoms with Crippen molar-refractivity contribution in [1.82, 2.24) is 0 Å². The molecule has 0 aromatic heterocycles. The number of hydrogen-bond donors (Lipinski definition) is 0. The molecule has 0 spiro atoms. The third-order valence-corrected chi connectivity index (χ3v) is 9.17. The summed E-state index contributed by atoms with van der Waals surface area (Å²) >= 11 is 0. The van der Waals surface area contributed by atoms with Gasteiger partial charge in [0.1, 0.15) is 0 Å². The van der Waals surface area contributed by atoms with Gasteiger partial charge in [-0.15, -0.1) is 0 Å². The molecule has 0 saturated carbocycles. The lowest BCUT2D eigenvalue weighted by Gasteiger charge is -2.21. The Labute approximate surface area is 256 Å². The quantitative estimate of drug-likeness (QED) is 0.190. The lowest BCUT2D eigenvalue weighted by atomic mass is 9.82. The van der Waals surface area contributed by atoms with Crippen molar-refractivity contribution in [3.63, 3.8) is 0 Å². The van der Waals surface area contributed by atoms with E-state index in [0.29, 0.717) is 0 Å². The third kappa shape index (κ3) is 3.92. The van der Waals surface area contributed by atoms with E-state index in [1.165, 1.54) is 87.2 Å². The lowest BCUT2D eigenvalue weighted by Crippen LogP contribution is -1.94. The molecule has 0 N–H and O–H groups in total. The van der Waals surface area contributed by atoms with Gasteiger partial charge in [0.25, 0.3) is 0 Å². The Morgan fingerprint density at radius 3 is 1.32 bits per heavy atom. The summed E-state index contributed by atoms with van der Waals surface area (Å²) in [5.41, 5.74) is 7.56. The Morgan fingerprint density at radius 1 is 0.227 bits per heavy atom. The minimum atomic E-state index is 1.23. The van der Waals surface area contributed by atoms with E-state index in [2.05, 4.69) is 170 Å². The van der Waals surface area contributed by atoms with E-state index in [9.17, 15) is 0 Å². The molecule has 0 nitrogen and oxygen atoms in total. The molecule has 44 heavy (non-hydrogen) atoms. The topological polar surface area (TPSA) is 0 Å². The van der Waals surface area contributed by atoms with E-state index in [4.69, 9.17) is 0 Å². The minimum absolute atomic E-state index is 1.23.